The molecule has 1 aromatic rings. The Balaban J connectivity index is 2.71. The Labute approximate surface area is 241 Å². The van der Waals surface area contributed by atoms with Crippen molar-refractivity contribution in [2.75, 3.05) is 25.1 Å². The number of nitrogens with zero attached hydrogens (tertiary/aromatic N) is 3. The van der Waals surface area contributed by atoms with Crippen molar-refractivity contribution in [1.82, 2.24) is 14.7 Å². The molecule has 1 aromatic heterocycles. The van der Waals surface area contributed by atoms with Crippen molar-refractivity contribution in [3.63, 3.8) is 0 Å². The third kappa shape index (κ3) is 7.76. The van der Waals surface area contributed by atoms with Crippen LogP contribution in [0.15, 0.2) is 18.7 Å². The van der Waals surface area contributed by atoms with Crippen molar-refractivity contribution >= 4 is 30.0 Å². The molecule has 3 atom stereocenters. The molecule has 1 aliphatic rings. The minimum atomic E-state index is -2.13. The molecular formula is C31H52N3O5P. The maximum absolute atomic E-state index is 13.9. The van der Waals surface area contributed by atoms with Gasteiger partial charge < -0.3 is 14.7 Å². The number of ether oxygens (including phenoxy) is 1. The van der Waals surface area contributed by atoms with Crippen LogP contribution in [0, 0.1) is 5.92 Å². The Morgan fingerprint density at radius 1 is 1.10 bits per heavy atom. The predicted molar refractivity (Wildman–Crippen MR) is 164 cm³/mol. The monoisotopic (exact) mass is 577 g/mol. The summed E-state index contributed by atoms with van der Waals surface area (Å²) in [6, 6.07) is 1.20. The Hall–Kier alpha value is -2.18. The number of amides is 1. The van der Waals surface area contributed by atoms with Crippen LogP contribution in [0.1, 0.15) is 103 Å². The molecule has 0 saturated carbocycles. The van der Waals surface area contributed by atoms with Crippen LogP contribution >= 0.6 is 6.89 Å². The minimum absolute atomic E-state index is 0.00123. The van der Waals surface area contributed by atoms with E-state index in [0.29, 0.717) is 17.7 Å². The highest BCUT2D eigenvalue weighted by Gasteiger charge is 2.54. The minimum Gasteiger partial charge on any atom is -0.457 e. The number of carbonyl (C=O) groups is 3. The molecule has 2 heterocycles. The topological polar surface area (TPSA) is 102 Å². The number of ketones is 1. The second-order valence-electron chi connectivity index (χ2n) is 10.9. The Morgan fingerprint density at radius 3 is 2.10 bits per heavy atom. The van der Waals surface area contributed by atoms with E-state index in [0.717, 1.165) is 69.1 Å². The predicted octanol–water partition coefficient (Wildman–Crippen LogP) is 5.52. The van der Waals surface area contributed by atoms with Crippen LogP contribution in [0.4, 0.5) is 0 Å². The summed E-state index contributed by atoms with van der Waals surface area (Å²) in [6.07, 6.45) is 9.78. The highest BCUT2D eigenvalue weighted by Crippen LogP contribution is 2.54. The van der Waals surface area contributed by atoms with Crippen molar-refractivity contribution in [2.45, 2.75) is 112 Å². The van der Waals surface area contributed by atoms with Crippen molar-refractivity contribution in [2.24, 2.45) is 5.92 Å². The molecule has 0 bridgehead atoms. The fraction of sp³-hybridized carbons (Fsp3) is 0.710. The van der Waals surface area contributed by atoms with Crippen LogP contribution in [-0.4, -0.2) is 80.1 Å². The van der Waals surface area contributed by atoms with Crippen molar-refractivity contribution in [1.29, 1.82) is 0 Å². The number of likely N-dealkylation sites (tertiary alicyclic amines) is 1. The number of hydrogen-bond donors (Lipinski definition) is 1. The summed E-state index contributed by atoms with van der Waals surface area (Å²) in [5, 5.41) is 15.1. The van der Waals surface area contributed by atoms with Gasteiger partial charge in [0.1, 0.15) is 17.7 Å². The van der Waals surface area contributed by atoms with E-state index in [1.54, 1.807) is 11.8 Å². The number of aliphatic hydroxyl groups is 1. The molecule has 1 saturated heterocycles. The first-order valence-electron chi connectivity index (χ1n) is 15.3. The summed E-state index contributed by atoms with van der Waals surface area (Å²) in [4.78, 5) is 42.8. The summed E-state index contributed by atoms with van der Waals surface area (Å²) in [5.74, 6) is -1.71. The Kier molecular flexibility index (Phi) is 13.9. The van der Waals surface area contributed by atoms with Crippen LogP contribution in [0.3, 0.4) is 0 Å². The number of Topliss-reactive ketones (excluding diaryl/α,β-unsaturated/α-hetero) is 1. The van der Waals surface area contributed by atoms with E-state index in [4.69, 9.17) is 4.74 Å². The molecule has 0 aliphatic carbocycles. The number of esters is 1. The number of rotatable bonds is 19. The van der Waals surface area contributed by atoms with E-state index in [2.05, 4.69) is 32.4 Å². The molecule has 9 heteroatoms. The molecule has 0 aromatic carbocycles. The number of aryl methyl sites for hydroxylation is 2. The number of unbranched alkanes of at least 4 members (excludes halogenated alkanes) is 3. The first-order valence-corrected chi connectivity index (χ1v) is 17.6. The summed E-state index contributed by atoms with van der Waals surface area (Å²) in [7, 11) is 0. The number of hydrogen-bond acceptors (Lipinski definition) is 6. The quantitative estimate of drug-likeness (QED) is 0.0764. The Bertz CT molecular complexity index is 1030. The summed E-state index contributed by atoms with van der Waals surface area (Å²) in [5.41, 5.74) is 1.81. The second kappa shape index (κ2) is 16.3. The van der Waals surface area contributed by atoms with E-state index in [1.165, 1.54) is 6.08 Å². The van der Waals surface area contributed by atoms with Gasteiger partial charge in [0, 0.05) is 18.7 Å². The van der Waals surface area contributed by atoms with Gasteiger partial charge >= 0.3 is 5.97 Å². The molecule has 1 aliphatic heterocycles. The fourth-order valence-corrected chi connectivity index (χ4v) is 11.0. The van der Waals surface area contributed by atoms with Gasteiger partial charge in [0.2, 0.25) is 5.91 Å². The zero-order valence-corrected chi connectivity index (χ0v) is 26.5. The van der Waals surface area contributed by atoms with E-state index in [-0.39, 0.29) is 24.7 Å². The van der Waals surface area contributed by atoms with Crippen LogP contribution < -0.4 is 0 Å². The van der Waals surface area contributed by atoms with E-state index < -0.39 is 30.9 Å². The number of aliphatic hydroxyl groups excluding tert-OH is 1. The van der Waals surface area contributed by atoms with Gasteiger partial charge in [-0.15, -0.1) is 0 Å². The molecule has 2 rings (SSSR count). The third-order valence-corrected chi connectivity index (χ3v) is 12.8. The average molecular weight is 578 g/mol. The van der Waals surface area contributed by atoms with Gasteiger partial charge in [-0.05, 0) is 64.1 Å². The van der Waals surface area contributed by atoms with Gasteiger partial charge in [-0.1, -0.05) is 66.5 Å². The lowest BCUT2D eigenvalue weighted by Gasteiger charge is -2.50. The summed E-state index contributed by atoms with van der Waals surface area (Å²) in [6.45, 7) is 14.3. The maximum Gasteiger partial charge on any atom is 0.355 e. The largest absolute Gasteiger partial charge is 0.457 e. The van der Waals surface area contributed by atoms with E-state index in [9.17, 15) is 19.5 Å². The lowest BCUT2D eigenvalue weighted by atomic mass is 9.80. The first kappa shape index (κ1) is 34.0. The van der Waals surface area contributed by atoms with E-state index in [1.807, 2.05) is 24.6 Å². The van der Waals surface area contributed by atoms with Crippen LogP contribution in [0.25, 0.3) is 0 Å². The molecule has 0 spiro atoms. The molecule has 1 N–H and O–H groups in total. The zero-order valence-electron chi connectivity index (χ0n) is 25.7. The zero-order chi connectivity index (χ0) is 29.9. The number of carbonyl (C=O) groups excluding carboxylic acids is 3. The number of β-lactam (4-membered cyclic amide) rings is 1. The van der Waals surface area contributed by atoms with Gasteiger partial charge in [0.15, 0.2) is 5.78 Å². The standard InChI is InChI=1S/C31H52N3O5P/c1-8-14-18-40(19-15-9-2,20-16-10-3)30(31(38)39-17-11-4)34-26(28(23(7)35)29(34)37)22-27(36)25-21-24(12-5)33(13-6)32-25/h11,21,23,26,28,35H,4,8-10,12-20,22H2,1-3,5-7H3/t23-,26?,28?/m1/s1. The van der Waals surface area contributed by atoms with Gasteiger partial charge in [-0.3, -0.25) is 14.3 Å². The molecule has 1 amide bonds. The molecule has 1 fully saturated rings. The van der Waals surface area contributed by atoms with Gasteiger partial charge in [-0.2, -0.15) is 5.10 Å². The normalized spacial score (nSPS) is 17.9. The van der Waals surface area contributed by atoms with Gasteiger partial charge in [-0.25, -0.2) is 4.79 Å². The lowest BCUT2D eigenvalue weighted by molar-refractivity contribution is -0.157. The van der Waals surface area contributed by atoms with Crippen molar-refractivity contribution in [3.8, 4) is 0 Å². The average Bonchev–Trinajstić information content (AvgIpc) is 3.37. The molecule has 0 radical (unpaired) electrons. The molecule has 2 unspecified atom stereocenters. The van der Waals surface area contributed by atoms with Crippen LogP contribution in [0.5, 0.6) is 0 Å². The van der Waals surface area contributed by atoms with Gasteiger partial charge in [0.05, 0.1) is 18.1 Å². The lowest BCUT2D eigenvalue weighted by Crippen LogP contribution is -2.68. The summed E-state index contributed by atoms with van der Waals surface area (Å²) < 4.78 is 7.49. The third-order valence-electron chi connectivity index (χ3n) is 8.01. The highest BCUT2D eigenvalue weighted by molar-refractivity contribution is 7.77. The van der Waals surface area contributed by atoms with Crippen molar-refractivity contribution < 1.29 is 24.2 Å². The fourth-order valence-electron chi connectivity index (χ4n) is 5.77. The van der Waals surface area contributed by atoms with Crippen molar-refractivity contribution in [3.05, 3.63) is 30.1 Å². The molecule has 8 nitrogen and oxygen atoms in total. The second-order valence-corrected chi connectivity index (χ2v) is 15.0. The SMILES string of the molecule is C=CCOC(=O)C(N1C(=O)C([C@@H](C)O)C1CC(=O)c1cc(CC)n(CC)n1)=P(CCCC)(CCCC)CCCC. The summed E-state index contributed by atoms with van der Waals surface area (Å²) >= 11 is 0. The highest BCUT2D eigenvalue weighted by atomic mass is 31.2. The van der Waals surface area contributed by atoms with Crippen LogP contribution in [0.2, 0.25) is 0 Å². The molecular weight excluding hydrogens is 525 g/mol. The Morgan fingerprint density at radius 2 is 1.68 bits per heavy atom. The molecule has 226 valence electrons. The first-order chi connectivity index (χ1) is 19.2. The number of aromatic nitrogens is 2. The van der Waals surface area contributed by atoms with E-state index >= 15 is 0 Å². The smallest absolute Gasteiger partial charge is 0.355 e. The van der Waals surface area contributed by atoms with Crippen LogP contribution in [-0.2, 0) is 27.3 Å². The maximum atomic E-state index is 13.9. The van der Waals surface area contributed by atoms with Gasteiger partial charge in [0.25, 0.3) is 0 Å². The molecule has 40 heavy (non-hydrogen) atoms.